The summed E-state index contributed by atoms with van der Waals surface area (Å²) in [4.78, 5) is 8.78. The minimum Gasteiger partial charge on any atom is -0.316 e. The van der Waals surface area contributed by atoms with Crippen LogP contribution in [0, 0.1) is 5.41 Å². The van der Waals surface area contributed by atoms with Gasteiger partial charge in [0.2, 0.25) is 0 Å². The van der Waals surface area contributed by atoms with Crippen LogP contribution < -0.4 is 9.80 Å². The van der Waals surface area contributed by atoms with Crippen LogP contribution in [0.15, 0.2) is 91.0 Å². The van der Waals surface area contributed by atoms with Crippen molar-refractivity contribution in [2.45, 2.75) is 51.9 Å². The van der Waals surface area contributed by atoms with Crippen LogP contribution in [-0.4, -0.2) is 11.1 Å². The SMILES string of the molecule is CCC1(CC)CCc2ccccc2N2c3nc(C(F)(F)F)cc(-c4ccccc4)c3N(c3ccccc3)C21. The number of benzene rings is 3. The van der Waals surface area contributed by atoms with Crippen LogP contribution in [-0.2, 0) is 12.6 Å². The number of alkyl halides is 3. The van der Waals surface area contributed by atoms with Crippen molar-refractivity contribution in [3.05, 3.63) is 102 Å². The largest absolute Gasteiger partial charge is 0.433 e. The summed E-state index contributed by atoms with van der Waals surface area (Å²) in [5.74, 6) is 0.369. The molecule has 1 unspecified atom stereocenters. The van der Waals surface area contributed by atoms with Crippen LogP contribution in [0.5, 0.6) is 0 Å². The molecule has 0 radical (unpaired) electrons. The second-order valence-electron chi connectivity index (χ2n) is 10.2. The predicted molar refractivity (Wildman–Crippen MR) is 147 cm³/mol. The Kier molecular flexibility index (Phi) is 5.93. The van der Waals surface area contributed by atoms with E-state index >= 15 is 0 Å². The first-order valence-corrected chi connectivity index (χ1v) is 13.3. The van der Waals surface area contributed by atoms with E-state index in [1.165, 1.54) is 6.07 Å². The lowest BCUT2D eigenvalue weighted by Crippen LogP contribution is -2.51. The van der Waals surface area contributed by atoms with Gasteiger partial charge in [-0.05, 0) is 61.1 Å². The van der Waals surface area contributed by atoms with Gasteiger partial charge in [-0.15, -0.1) is 0 Å². The molecule has 3 heterocycles. The third kappa shape index (κ3) is 3.77. The van der Waals surface area contributed by atoms with E-state index in [1.54, 1.807) is 0 Å². The summed E-state index contributed by atoms with van der Waals surface area (Å²) in [6.07, 6.45) is -1.22. The Balaban J connectivity index is 1.76. The van der Waals surface area contributed by atoms with Crippen molar-refractivity contribution in [2.75, 3.05) is 9.80 Å². The Bertz CT molecular complexity index is 1450. The molecule has 0 amide bonds. The molecule has 2 aliphatic rings. The molecule has 194 valence electrons. The number of hydrogen-bond donors (Lipinski definition) is 0. The first kappa shape index (κ1) is 24.5. The van der Waals surface area contributed by atoms with Crippen LogP contribution in [0.4, 0.5) is 36.1 Å². The maximum Gasteiger partial charge on any atom is 0.433 e. The minimum atomic E-state index is -4.58. The average Bonchev–Trinajstić information content (AvgIpc) is 3.22. The van der Waals surface area contributed by atoms with Crippen LogP contribution in [0.3, 0.4) is 0 Å². The summed E-state index contributed by atoms with van der Waals surface area (Å²) in [6, 6.07) is 28.8. The van der Waals surface area contributed by atoms with Crippen molar-refractivity contribution in [3.63, 3.8) is 0 Å². The maximum absolute atomic E-state index is 14.4. The number of hydrogen-bond acceptors (Lipinski definition) is 3. The van der Waals surface area contributed by atoms with Gasteiger partial charge in [-0.3, -0.25) is 0 Å². The fourth-order valence-electron chi connectivity index (χ4n) is 6.36. The summed E-state index contributed by atoms with van der Waals surface area (Å²) in [6.45, 7) is 4.41. The highest BCUT2D eigenvalue weighted by molar-refractivity contribution is 5.97. The zero-order valence-electron chi connectivity index (χ0n) is 21.5. The molecule has 1 atom stereocenters. The molecule has 0 fully saturated rings. The number of rotatable bonds is 4. The lowest BCUT2D eigenvalue weighted by molar-refractivity contribution is -0.141. The Morgan fingerprint density at radius 1 is 0.842 bits per heavy atom. The molecule has 0 aliphatic carbocycles. The third-order valence-electron chi connectivity index (χ3n) is 8.44. The molecule has 6 rings (SSSR count). The van der Waals surface area contributed by atoms with Gasteiger partial charge >= 0.3 is 6.18 Å². The standard InChI is InChI=1S/C32H30F3N3/c1-3-31(4-2)20-19-23-15-11-12-18-26(23)38-29-28(37(30(31)38)24-16-9-6-10-17-24)25(22-13-7-5-8-14-22)21-27(36-29)32(33,34)35/h5-18,21,30H,3-4,19-20H2,1-2H3. The van der Waals surface area contributed by atoms with E-state index < -0.39 is 11.9 Å². The fourth-order valence-corrected chi connectivity index (χ4v) is 6.36. The lowest BCUT2D eigenvalue weighted by atomic mass is 9.74. The Labute approximate surface area is 221 Å². The Hall–Kier alpha value is -3.80. The number of aryl methyl sites for hydroxylation is 1. The third-order valence-corrected chi connectivity index (χ3v) is 8.44. The van der Waals surface area contributed by atoms with Gasteiger partial charge < -0.3 is 9.80 Å². The summed E-state index contributed by atoms with van der Waals surface area (Å²) >= 11 is 0. The highest BCUT2D eigenvalue weighted by Gasteiger charge is 2.53. The van der Waals surface area contributed by atoms with Crippen molar-refractivity contribution >= 4 is 22.9 Å². The normalized spacial score (nSPS) is 18.0. The topological polar surface area (TPSA) is 19.4 Å². The molecular weight excluding hydrogens is 483 g/mol. The van der Waals surface area contributed by atoms with Gasteiger partial charge in [0.15, 0.2) is 5.82 Å². The second kappa shape index (κ2) is 9.19. The molecule has 38 heavy (non-hydrogen) atoms. The van der Waals surface area contributed by atoms with Gasteiger partial charge in [-0.1, -0.05) is 80.6 Å². The Morgan fingerprint density at radius 3 is 2.13 bits per heavy atom. The number of para-hydroxylation sites is 2. The van der Waals surface area contributed by atoms with Crippen molar-refractivity contribution in [3.8, 4) is 11.1 Å². The van der Waals surface area contributed by atoms with Gasteiger partial charge in [-0.25, -0.2) is 4.98 Å². The number of anilines is 4. The molecule has 0 saturated carbocycles. The van der Waals surface area contributed by atoms with E-state index in [9.17, 15) is 13.2 Å². The van der Waals surface area contributed by atoms with Crippen LogP contribution in [0.2, 0.25) is 0 Å². The van der Waals surface area contributed by atoms with Crippen LogP contribution in [0.25, 0.3) is 11.1 Å². The molecule has 0 spiro atoms. The number of halogens is 3. The van der Waals surface area contributed by atoms with Gasteiger partial charge in [0.05, 0.1) is 5.69 Å². The smallest absolute Gasteiger partial charge is 0.316 e. The van der Waals surface area contributed by atoms with Crippen LogP contribution >= 0.6 is 0 Å². The minimum absolute atomic E-state index is 0.179. The van der Waals surface area contributed by atoms with E-state index in [-0.39, 0.29) is 11.6 Å². The molecule has 0 N–H and O–H groups in total. The first-order valence-electron chi connectivity index (χ1n) is 13.3. The second-order valence-corrected chi connectivity index (χ2v) is 10.2. The predicted octanol–water partition coefficient (Wildman–Crippen LogP) is 9.14. The van der Waals surface area contributed by atoms with E-state index in [1.807, 2.05) is 78.9 Å². The summed E-state index contributed by atoms with van der Waals surface area (Å²) in [5.41, 5.74) is 3.98. The van der Waals surface area contributed by atoms with Gasteiger partial charge in [0.1, 0.15) is 11.9 Å². The molecule has 0 saturated heterocycles. The van der Waals surface area contributed by atoms with Gasteiger partial charge in [0, 0.05) is 22.4 Å². The zero-order chi connectivity index (χ0) is 26.5. The zero-order valence-corrected chi connectivity index (χ0v) is 21.5. The van der Waals surface area contributed by atoms with Crippen molar-refractivity contribution in [2.24, 2.45) is 5.41 Å². The summed E-state index contributed by atoms with van der Waals surface area (Å²) in [7, 11) is 0. The number of aromatic nitrogens is 1. The average molecular weight is 514 g/mol. The monoisotopic (exact) mass is 513 g/mol. The van der Waals surface area contributed by atoms with Gasteiger partial charge in [-0.2, -0.15) is 13.2 Å². The molecular formula is C32H30F3N3. The number of pyridine rings is 1. The molecule has 2 aliphatic heterocycles. The maximum atomic E-state index is 14.4. The van der Waals surface area contributed by atoms with E-state index in [4.69, 9.17) is 0 Å². The highest BCUT2D eigenvalue weighted by Crippen LogP contribution is 2.59. The molecule has 3 nitrogen and oxygen atoms in total. The van der Waals surface area contributed by atoms with Crippen molar-refractivity contribution in [1.29, 1.82) is 0 Å². The van der Waals surface area contributed by atoms with Crippen molar-refractivity contribution < 1.29 is 13.2 Å². The highest BCUT2D eigenvalue weighted by atomic mass is 19.4. The fraction of sp³-hybridized carbons (Fsp3) is 0.281. The van der Waals surface area contributed by atoms with Gasteiger partial charge in [0.25, 0.3) is 0 Å². The number of nitrogens with zero attached hydrogens (tertiary/aromatic N) is 3. The summed E-state index contributed by atoms with van der Waals surface area (Å²) < 4.78 is 43.1. The van der Waals surface area contributed by atoms with E-state index in [0.29, 0.717) is 11.4 Å². The molecule has 0 bridgehead atoms. The van der Waals surface area contributed by atoms with Crippen molar-refractivity contribution in [1.82, 2.24) is 4.98 Å². The number of fused-ring (bicyclic) bond motifs is 5. The molecule has 1 aromatic heterocycles. The van der Waals surface area contributed by atoms with E-state index in [2.05, 4.69) is 34.7 Å². The molecule has 3 aromatic carbocycles. The molecule has 6 heteroatoms. The summed E-state index contributed by atoms with van der Waals surface area (Å²) in [5, 5.41) is 0. The quantitative estimate of drug-likeness (QED) is 0.271. The first-order chi connectivity index (χ1) is 18.4. The molecule has 4 aromatic rings. The van der Waals surface area contributed by atoms with Crippen LogP contribution in [0.1, 0.15) is 44.4 Å². The Morgan fingerprint density at radius 2 is 1.47 bits per heavy atom. The van der Waals surface area contributed by atoms with E-state index in [0.717, 1.165) is 53.9 Å². The lowest BCUT2D eigenvalue weighted by Gasteiger charge is -2.45.